The lowest BCUT2D eigenvalue weighted by molar-refractivity contribution is -0.140. The molecule has 1 rings (SSSR count). The van der Waals surface area contributed by atoms with Gasteiger partial charge in [-0.3, -0.25) is 9.35 Å². The van der Waals surface area contributed by atoms with Crippen molar-refractivity contribution in [2.75, 3.05) is 0 Å². The first-order valence-corrected chi connectivity index (χ1v) is 5.86. The second kappa shape index (κ2) is 3.97. The molecule has 0 amide bonds. The fourth-order valence-electron chi connectivity index (χ4n) is 1.67. The van der Waals surface area contributed by atoms with E-state index in [9.17, 15) is 18.0 Å². The van der Waals surface area contributed by atoms with E-state index in [1.165, 1.54) is 0 Å². The molecule has 0 spiro atoms. The van der Waals surface area contributed by atoms with Crippen LogP contribution in [0.3, 0.4) is 0 Å². The highest BCUT2D eigenvalue weighted by Gasteiger charge is 2.53. The molecule has 0 radical (unpaired) electrons. The molecule has 0 heterocycles. The number of hydrogen-bond acceptors (Lipinski definition) is 4. The van der Waals surface area contributed by atoms with Gasteiger partial charge in [-0.1, -0.05) is 12.2 Å². The van der Waals surface area contributed by atoms with Crippen LogP contribution in [0, 0.1) is 0 Å². The smallest absolute Gasteiger partial charge is 0.331 e. The minimum absolute atomic E-state index is 0.0219. The van der Waals surface area contributed by atoms with Crippen LogP contribution in [0.2, 0.25) is 0 Å². The van der Waals surface area contributed by atoms with Crippen LogP contribution in [-0.4, -0.2) is 39.9 Å². The first-order valence-electron chi connectivity index (χ1n) is 4.42. The highest BCUT2D eigenvalue weighted by molar-refractivity contribution is 7.88. The van der Waals surface area contributed by atoms with Gasteiger partial charge in [0.05, 0.1) is 0 Å². The van der Waals surface area contributed by atoms with E-state index < -0.39 is 45.2 Å². The normalized spacial score (nSPS) is 25.2. The van der Waals surface area contributed by atoms with Crippen molar-refractivity contribution in [3.63, 3.8) is 0 Å². The molecule has 0 fully saturated rings. The molecule has 1 aliphatic carbocycles. The minimum Gasteiger partial charge on any atom is -0.480 e. The fraction of sp³-hybridized carbons (Fsp3) is 0.333. The molecule has 0 aliphatic heterocycles. The number of carbonyl (C=O) groups is 2. The number of carboxylic acids is 2. The average molecular weight is 262 g/mol. The molecule has 7 nitrogen and oxygen atoms in total. The van der Waals surface area contributed by atoms with E-state index in [1.807, 2.05) is 0 Å². The van der Waals surface area contributed by atoms with Crippen LogP contribution in [0.15, 0.2) is 23.8 Å². The van der Waals surface area contributed by atoms with Gasteiger partial charge in [-0.25, -0.2) is 4.79 Å². The Morgan fingerprint density at radius 1 is 1.29 bits per heavy atom. The number of rotatable bonds is 3. The maximum Gasteiger partial charge on any atom is 0.331 e. The van der Waals surface area contributed by atoms with E-state index in [0.717, 1.165) is 6.08 Å². The summed E-state index contributed by atoms with van der Waals surface area (Å²) >= 11 is 0. The summed E-state index contributed by atoms with van der Waals surface area (Å²) in [6.45, 7) is 3.36. The summed E-state index contributed by atoms with van der Waals surface area (Å²) in [5.74, 6) is -3.24. The second-order valence-corrected chi connectivity index (χ2v) is 5.49. The molecular formula is C9H10O7S. The Morgan fingerprint density at radius 3 is 2.18 bits per heavy atom. The van der Waals surface area contributed by atoms with Gasteiger partial charge in [-0.05, 0) is 6.08 Å². The summed E-state index contributed by atoms with van der Waals surface area (Å²) in [7, 11) is -4.95. The van der Waals surface area contributed by atoms with E-state index in [-0.39, 0.29) is 5.57 Å². The lowest BCUT2D eigenvalue weighted by atomic mass is 9.85. The molecule has 8 heteroatoms. The third-order valence-corrected chi connectivity index (χ3v) is 3.98. The Bertz CT molecular complexity index is 528. The molecule has 94 valence electrons. The molecule has 0 aromatic rings. The van der Waals surface area contributed by atoms with Crippen LogP contribution in [0.4, 0.5) is 0 Å². The Labute approximate surface area is 96.8 Å². The molecule has 1 unspecified atom stereocenters. The fourth-order valence-corrected chi connectivity index (χ4v) is 2.59. The zero-order valence-electron chi connectivity index (χ0n) is 8.58. The highest BCUT2D eigenvalue weighted by atomic mass is 32.2. The van der Waals surface area contributed by atoms with Crippen molar-refractivity contribution in [1.82, 2.24) is 0 Å². The molecule has 0 aromatic carbocycles. The molecule has 1 atom stereocenters. The Balaban J connectivity index is 3.40. The van der Waals surface area contributed by atoms with Gasteiger partial charge >= 0.3 is 11.9 Å². The second-order valence-electron chi connectivity index (χ2n) is 3.76. The highest BCUT2D eigenvalue weighted by Crippen LogP contribution is 2.37. The number of hydrogen-bond donors (Lipinski definition) is 3. The van der Waals surface area contributed by atoms with Crippen LogP contribution in [-0.2, 0) is 19.7 Å². The van der Waals surface area contributed by atoms with Gasteiger partial charge in [0, 0.05) is 18.4 Å². The van der Waals surface area contributed by atoms with Crippen LogP contribution in [0.1, 0.15) is 12.8 Å². The summed E-state index contributed by atoms with van der Waals surface area (Å²) in [6.07, 6.45) is -0.234. The number of allylic oxidation sites excluding steroid dienone is 2. The monoisotopic (exact) mass is 262 g/mol. The summed E-state index contributed by atoms with van der Waals surface area (Å²) in [6, 6.07) is 0. The van der Waals surface area contributed by atoms with Crippen molar-refractivity contribution in [3.8, 4) is 0 Å². The molecule has 0 saturated carbocycles. The van der Waals surface area contributed by atoms with Crippen molar-refractivity contribution in [2.24, 2.45) is 0 Å². The van der Waals surface area contributed by atoms with Gasteiger partial charge in [0.2, 0.25) is 4.75 Å². The molecule has 17 heavy (non-hydrogen) atoms. The summed E-state index contributed by atoms with van der Waals surface area (Å²) in [5, 5.41) is 17.7. The maximum atomic E-state index is 11.2. The van der Waals surface area contributed by atoms with Gasteiger partial charge in [0.15, 0.2) is 0 Å². The molecule has 0 aromatic heterocycles. The predicted molar refractivity (Wildman–Crippen MR) is 56.0 cm³/mol. The predicted octanol–water partition coefficient (Wildman–Crippen LogP) is 0.0586. The van der Waals surface area contributed by atoms with E-state index in [0.29, 0.717) is 0 Å². The lowest BCUT2D eigenvalue weighted by Crippen LogP contribution is -2.48. The zero-order valence-corrected chi connectivity index (χ0v) is 9.40. The van der Waals surface area contributed by atoms with Crippen molar-refractivity contribution in [2.45, 2.75) is 17.6 Å². The third kappa shape index (κ3) is 2.22. The van der Waals surface area contributed by atoms with Gasteiger partial charge < -0.3 is 10.2 Å². The van der Waals surface area contributed by atoms with E-state index in [2.05, 4.69) is 6.58 Å². The topological polar surface area (TPSA) is 129 Å². The van der Waals surface area contributed by atoms with Crippen molar-refractivity contribution < 1.29 is 32.8 Å². The van der Waals surface area contributed by atoms with Gasteiger partial charge in [-0.2, -0.15) is 8.42 Å². The quantitative estimate of drug-likeness (QED) is 0.613. The summed E-state index contributed by atoms with van der Waals surface area (Å²) in [4.78, 5) is 21.8. The van der Waals surface area contributed by atoms with Crippen LogP contribution < -0.4 is 0 Å². The van der Waals surface area contributed by atoms with Crippen molar-refractivity contribution >= 4 is 22.1 Å². The van der Waals surface area contributed by atoms with Crippen molar-refractivity contribution in [3.05, 3.63) is 23.8 Å². The Hall–Kier alpha value is -1.67. The molecular weight excluding hydrogens is 252 g/mol. The summed E-state index contributed by atoms with van der Waals surface area (Å²) in [5.41, 5.74) is -0.394. The van der Waals surface area contributed by atoms with Gasteiger partial charge in [0.25, 0.3) is 10.1 Å². The first kappa shape index (κ1) is 13.4. The largest absolute Gasteiger partial charge is 0.480 e. The van der Waals surface area contributed by atoms with E-state index >= 15 is 0 Å². The number of carboxylic acid groups (broad SMARTS) is 2. The van der Waals surface area contributed by atoms with Gasteiger partial charge in [0.1, 0.15) is 0 Å². The minimum atomic E-state index is -4.95. The zero-order chi connectivity index (χ0) is 13.4. The van der Waals surface area contributed by atoms with Crippen molar-refractivity contribution in [1.29, 1.82) is 0 Å². The third-order valence-electron chi connectivity index (χ3n) is 2.53. The molecule has 1 aliphatic rings. The number of aliphatic carboxylic acids is 2. The maximum absolute atomic E-state index is 11.2. The standard InChI is InChI=1S/C9H10O7S/c1-5-2-6(7(10)11)4-9(3-5,8(12)13)17(14,15)16/h2H,1,3-4H2,(H,10,11)(H,12,13)(H,14,15,16). The Morgan fingerprint density at radius 2 is 1.82 bits per heavy atom. The first-order chi connectivity index (χ1) is 7.60. The molecule has 0 bridgehead atoms. The van der Waals surface area contributed by atoms with Crippen LogP contribution in [0.5, 0.6) is 0 Å². The van der Waals surface area contributed by atoms with Gasteiger partial charge in [-0.15, -0.1) is 0 Å². The van der Waals surface area contributed by atoms with E-state index in [1.54, 1.807) is 0 Å². The average Bonchev–Trinajstić information content (AvgIpc) is 2.14. The lowest BCUT2D eigenvalue weighted by Gasteiger charge is -2.29. The van der Waals surface area contributed by atoms with Crippen LogP contribution >= 0.6 is 0 Å². The van der Waals surface area contributed by atoms with E-state index in [4.69, 9.17) is 14.8 Å². The molecule has 0 saturated heterocycles. The SMILES string of the molecule is C=C1C=C(C(=O)O)CC(C(=O)O)(S(=O)(=O)O)C1. The summed E-state index contributed by atoms with van der Waals surface area (Å²) < 4.78 is 28.8. The molecule has 3 N–H and O–H groups in total. The van der Waals surface area contributed by atoms with Crippen LogP contribution in [0.25, 0.3) is 0 Å². The Kier molecular flexibility index (Phi) is 3.13.